The van der Waals surface area contributed by atoms with E-state index >= 15 is 0 Å². The first-order chi connectivity index (χ1) is 9.56. The maximum Gasteiger partial charge on any atom is 0.292 e. The highest BCUT2D eigenvalue weighted by Gasteiger charge is 2.17. The number of nitrogen functional groups attached to an aromatic ring is 1. The molecule has 0 bridgehead atoms. The fourth-order valence-corrected chi connectivity index (χ4v) is 2.54. The van der Waals surface area contributed by atoms with Crippen molar-refractivity contribution < 1.29 is 9.66 Å². The van der Waals surface area contributed by atoms with Gasteiger partial charge in [0, 0.05) is 25.8 Å². The van der Waals surface area contributed by atoms with Crippen molar-refractivity contribution in [1.29, 1.82) is 0 Å². The molecule has 0 aromatic heterocycles. The lowest BCUT2D eigenvalue weighted by atomic mass is 10.1. The Bertz CT molecular complexity index is 473. The number of benzene rings is 1. The molecular formula is C14H21N3O3. The number of nitrogens with two attached hydrogens (primary N) is 1. The summed E-state index contributed by atoms with van der Waals surface area (Å²) < 4.78 is 5.70. The van der Waals surface area contributed by atoms with Gasteiger partial charge in [0.05, 0.1) is 11.0 Å². The highest BCUT2D eigenvalue weighted by atomic mass is 16.6. The number of nitrogens with zero attached hydrogens (tertiary/aromatic N) is 2. The normalized spacial score (nSPS) is 19.2. The summed E-state index contributed by atoms with van der Waals surface area (Å²) in [6.45, 7) is 2.43. The molecule has 0 spiro atoms. The maximum atomic E-state index is 10.7. The molecule has 0 amide bonds. The van der Waals surface area contributed by atoms with Gasteiger partial charge < -0.3 is 10.5 Å². The van der Waals surface area contributed by atoms with Gasteiger partial charge in [-0.3, -0.25) is 15.0 Å². The summed E-state index contributed by atoms with van der Waals surface area (Å²) >= 11 is 0. The van der Waals surface area contributed by atoms with Crippen LogP contribution in [0, 0.1) is 10.1 Å². The standard InChI is InChI=1S/C14H21N3O3/c1-16(10-12-4-2-3-7-20-12)9-11-5-6-14(17(18)19)13(15)8-11/h5-6,8,12H,2-4,7,9-10,15H2,1H3. The van der Waals surface area contributed by atoms with Gasteiger partial charge in [-0.25, -0.2) is 0 Å². The molecule has 6 nitrogen and oxygen atoms in total. The van der Waals surface area contributed by atoms with E-state index in [1.54, 1.807) is 12.1 Å². The summed E-state index contributed by atoms with van der Waals surface area (Å²) in [6.07, 6.45) is 3.78. The highest BCUT2D eigenvalue weighted by molar-refractivity contribution is 5.59. The van der Waals surface area contributed by atoms with Gasteiger partial charge in [-0.1, -0.05) is 6.07 Å². The molecule has 1 heterocycles. The second-order valence-electron chi connectivity index (χ2n) is 5.34. The number of likely N-dealkylation sites (N-methyl/N-ethyl adjacent to an activating group) is 1. The molecule has 6 heteroatoms. The Morgan fingerprint density at radius 3 is 2.90 bits per heavy atom. The monoisotopic (exact) mass is 279 g/mol. The predicted octanol–water partition coefficient (Wildman–Crippen LogP) is 2.18. The molecule has 1 unspecified atom stereocenters. The number of nitro groups is 1. The molecule has 0 aliphatic carbocycles. The van der Waals surface area contributed by atoms with Crippen molar-refractivity contribution in [3.8, 4) is 0 Å². The zero-order valence-corrected chi connectivity index (χ0v) is 11.7. The van der Waals surface area contributed by atoms with Gasteiger partial charge in [-0.2, -0.15) is 0 Å². The van der Waals surface area contributed by atoms with Gasteiger partial charge in [0.25, 0.3) is 5.69 Å². The summed E-state index contributed by atoms with van der Waals surface area (Å²) in [7, 11) is 2.02. The van der Waals surface area contributed by atoms with Crippen LogP contribution in [0.5, 0.6) is 0 Å². The third kappa shape index (κ3) is 3.91. The molecule has 1 aromatic rings. The first kappa shape index (κ1) is 14.7. The van der Waals surface area contributed by atoms with Crippen molar-refractivity contribution in [1.82, 2.24) is 4.90 Å². The highest BCUT2D eigenvalue weighted by Crippen LogP contribution is 2.23. The summed E-state index contributed by atoms with van der Waals surface area (Å²) in [6, 6.07) is 4.90. The minimum absolute atomic E-state index is 0.0352. The lowest BCUT2D eigenvalue weighted by Crippen LogP contribution is -2.33. The third-order valence-corrected chi connectivity index (χ3v) is 3.53. The largest absolute Gasteiger partial charge is 0.393 e. The minimum Gasteiger partial charge on any atom is -0.393 e. The van der Waals surface area contributed by atoms with E-state index < -0.39 is 4.92 Å². The first-order valence-electron chi connectivity index (χ1n) is 6.89. The summed E-state index contributed by atoms with van der Waals surface area (Å²) in [5.74, 6) is 0. The molecule has 20 heavy (non-hydrogen) atoms. The zero-order valence-electron chi connectivity index (χ0n) is 11.7. The van der Waals surface area contributed by atoms with Crippen LogP contribution in [0.1, 0.15) is 24.8 Å². The molecular weight excluding hydrogens is 258 g/mol. The molecule has 2 N–H and O–H groups in total. The average Bonchev–Trinajstić information content (AvgIpc) is 2.39. The van der Waals surface area contributed by atoms with E-state index in [4.69, 9.17) is 10.5 Å². The van der Waals surface area contributed by atoms with E-state index in [0.717, 1.165) is 31.6 Å². The van der Waals surface area contributed by atoms with Crippen LogP contribution < -0.4 is 5.73 Å². The van der Waals surface area contributed by atoms with E-state index in [1.807, 2.05) is 7.05 Å². The van der Waals surface area contributed by atoms with Crippen molar-refractivity contribution in [2.75, 3.05) is 25.9 Å². The topological polar surface area (TPSA) is 81.6 Å². The summed E-state index contributed by atoms with van der Waals surface area (Å²) in [4.78, 5) is 12.4. The van der Waals surface area contributed by atoms with E-state index in [9.17, 15) is 10.1 Å². The summed E-state index contributed by atoms with van der Waals surface area (Å²) in [5.41, 5.74) is 6.86. The molecule has 1 aliphatic rings. The van der Waals surface area contributed by atoms with Crippen molar-refractivity contribution in [3.05, 3.63) is 33.9 Å². The molecule has 0 radical (unpaired) electrons. The Morgan fingerprint density at radius 2 is 2.30 bits per heavy atom. The van der Waals surface area contributed by atoms with Gasteiger partial charge in [0.2, 0.25) is 0 Å². The van der Waals surface area contributed by atoms with Crippen molar-refractivity contribution >= 4 is 11.4 Å². The van der Waals surface area contributed by atoms with Gasteiger partial charge >= 0.3 is 0 Å². The van der Waals surface area contributed by atoms with E-state index in [0.29, 0.717) is 12.6 Å². The van der Waals surface area contributed by atoms with Crippen molar-refractivity contribution in [3.63, 3.8) is 0 Å². The Kier molecular flexibility index (Phi) is 4.92. The molecule has 1 fully saturated rings. The molecule has 1 aromatic carbocycles. The Morgan fingerprint density at radius 1 is 1.50 bits per heavy atom. The van der Waals surface area contributed by atoms with E-state index in [2.05, 4.69) is 4.90 Å². The number of hydrogen-bond acceptors (Lipinski definition) is 5. The van der Waals surface area contributed by atoms with Gasteiger partial charge in [-0.15, -0.1) is 0 Å². The SMILES string of the molecule is CN(Cc1ccc([N+](=O)[O-])c(N)c1)CC1CCCCO1. The van der Waals surface area contributed by atoms with Crippen LogP contribution in [0.2, 0.25) is 0 Å². The van der Waals surface area contributed by atoms with Crippen LogP contribution in [-0.4, -0.2) is 36.1 Å². The lowest BCUT2D eigenvalue weighted by Gasteiger charge is -2.27. The van der Waals surface area contributed by atoms with Crippen LogP contribution in [0.15, 0.2) is 18.2 Å². The Balaban J connectivity index is 1.92. The van der Waals surface area contributed by atoms with Crippen LogP contribution in [0.4, 0.5) is 11.4 Å². The number of ether oxygens (including phenoxy) is 1. The predicted molar refractivity (Wildman–Crippen MR) is 77.4 cm³/mol. The summed E-state index contributed by atoms with van der Waals surface area (Å²) in [5, 5.41) is 10.7. The molecule has 110 valence electrons. The molecule has 0 saturated carbocycles. The fourth-order valence-electron chi connectivity index (χ4n) is 2.54. The Hall–Kier alpha value is -1.66. The smallest absolute Gasteiger partial charge is 0.292 e. The maximum absolute atomic E-state index is 10.7. The number of nitro benzene ring substituents is 1. The Labute approximate surface area is 118 Å². The second-order valence-corrected chi connectivity index (χ2v) is 5.34. The van der Waals surface area contributed by atoms with E-state index in [1.165, 1.54) is 12.5 Å². The third-order valence-electron chi connectivity index (χ3n) is 3.53. The van der Waals surface area contributed by atoms with Crippen LogP contribution >= 0.6 is 0 Å². The van der Waals surface area contributed by atoms with Crippen molar-refractivity contribution in [2.45, 2.75) is 31.9 Å². The molecule has 1 aliphatic heterocycles. The first-order valence-corrected chi connectivity index (χ1v) is 6.89. The van der Waals surface area contributed by atoms with Gasteiger partial charge in [-0.05, 0) is 37.9 Å². The van der Waals surface area contributed by atoms with Gasteiger partial charge in [0.1, 0.15) is 5.69 Å². The second kappa shape index (κ2) is 6.67. The van der Waals surface area contributed by atoms with Crippen LogP contribution in [-0.2, 0) is 11.3 Å². The van der Waals surface area contributed by atoms with Crippen LogP contribution in [0.25, 0.3) is 0 Å². The quantitative estimate of drug-likeness (QED) is 0.507. The van der Waals surface area contributed by atoms with Gasteiger partial charge in [0.15, 0.2) is 0 Å². The molecule has 2 rings (SSSR count). The molecule has 1 atom stereocenters. The van der Waals surface area contributed by atoms with E-state index in [-0.39, 0.29) is 11.4 Å². The fraction of sp³-hybridized carbons (Fsp3) is 0.571. The molecule has 1 saturated heterocycles. The van der Waals surface area contributed by atoms with Crippen LogP contribution in [0.3, 0.4) is 0 Å². The lowest BCUT2D eigenvalue weighted by molar-refractivity contribution is -0.383. The average molecular weight is 279 g/mol. The number of rotatable bonds is 5. The van der Waals surface area contributed by atoms with Crippen molar-refractivity contribution in [2.24, 2.45) is 0 Å². The minimum atomic E-state index is -0.460. The number of hydrogen-bond donors (Lipinski definition) is 1. The zero-order chi connectivity index (χ0) is 14.5. The number of anilines is 1.